The maximum absolute atomic E-state index is 13.4. The standard InChI is InChI=1S/C23H22N2O3/c26-21-17-10-4-5-11-18(17)28-22-19(21)20(16-8-2-1-3-9-16)25(23(22)27)14-15-7-6-12-24-13-15/h1-3,6-9,12-13,17-18,20H,4-5,10-11,14H2. The van der Waals surface area contributed by atoms with E-state index in [-0.39, 0.29) is 29.5 Å². The van der Waals surface area contributed by atoms with Crippen LogP contribution < -0.4 is 0 Å². The van der Waals surface area contributed by atoms with E-state index in [2.05, 4.69) is 4.98 Å². The van der Waals surface area contributed by atoms with Crippen molar-refractivity contribution < 1.29 is 14.3 Å². The van der Waals surface area contributed by atoms with Gasteiger partial charge >= 0.3 is 0 Å². The van der Waals surface area contributed by atoms with Crippen molar-refractivity contribution >= 4 is 11.7 Å². The number of carbonyl (C=O) groups is 2. The second-order valence-corrected chi connectivity index (χ2v) is 7.76. The van der Waals surface area contributed by atoms with Crippen molar-refractivity contribution in [3.63, 3.8) is 0 Å². The van der Waals surface area contributed by atoms with Gasteiger partial charge in [0.2, 0.25) is 0 Å². The lowest BCUT2D eigenvalue weighted by atomic mass is 9.77. The largest absolute Gasteiger partial charge is 0.483 e. The third-order valence-corrected chi connectivity index (χ3v) is 6.05. The normalized spacial score (nSPS) is 26.7. The molecule has 1 aliphatic carbocycles. The van der Waals surface area contributed by atoms with E-state index < -0.39 is 6.04 Å². The molecular weight excluding hydrogens is 352 g/mol. The fourth-order valence-electron chi connectivity index (χ4n) is 4.73. The predicted octanol–water partition coefficient (Wildman–Crippen LogP) is 3.58. The van der Waals surface area contributed by atoms with Crippen LogP contribution >= 0.6 is 0 Å². The minimum Gasteiger partial charge on any atom is -0.483 e. The van der Waals surface area contributed by atoms with Crippen molar-refractivity contribution in [3.05, 3.63) is 77.3 Å². The lowest BCUT2D eigenvalue weighted by Gasteiger charge is -2.35. The lowest BCUT2D eigenvalue weighted by Crippen LogP contribution is -2.39. The van der Waals surface area contributed by atoms with Crippen LogP contribution in [-0.4, -0.2) is 27.7 Å². The van der Waals surface area contributed by atoms with Gasteiger partial charge in [0.25, 0.3) is 5.91 Å². The molecule has 0 saturated heterocycles. The molecule has 3 heterocycles. The first kappa shape index (κ1) is 17.2. The molecule has 0 spiro atoms. The summed E-state index contributed by atoms with van der Waals surface area (Å²) in [5.74, 6) is 0.0580. The van der Waals surface area contributed by atoms with Gasteiger partial charge < -0.3 is 9.64 Å². The number of fused-ring (bicyclic) bond motifs is 1. The van der Waals surface area contributed by atoms with E-state index in [0.29, 0.717) is 12.1 Å². The van der Waals surface area contributed by atoms with Gasteiger partial charge in [-0.3, -0.25) is 14.6 Å². The second kappa shape index (κ2) is 6.89. The molecule has 3 unspecified atom stereocenters. The highest BCUT2D eigenvalue weighted by Crippen LogP contribution is 2.47. The fourth-order valence-corrected chi connectivity index (χ4v) is 4.73. The summed E-state index contributed by atoms with van der Waals surface area (Å²) >= 11 is 0. The number of benzene rings is 1. The summed E-state index contributed by atoms with van der Waals surface area (Å²) < 4.78 is 6.17. The molecule has 1 amide bonds. The number of amides is 1. The monoisotopic (exact) mass is 374 g/mol. The van der Waals surface area contributed by atoms with Gasteiger partial charge in [-0.05, 0) is 36.5 Å². The predicted molar refractivity (Wildman–Crippen MR) is 103 cm³/mol. The molecule has 3 atom stereocenters. The lowest BCUT2D eigenvalue weighted by molar-refractivity contribution is -0.135. The Morgan fingerprint density at radius 1 is 1.04 bits per heavy atom. The molecule has 0 radical (unpaired) electrons. The van der Waals surface area contributed by atoms with Crippen LogP contribution in [0.1, 0.15) is 42.9 Å². The van der Waals surface area contributed by atoms with E-state index in [1.807, 2.05) is 42.5 Å². The summed E-state index contributed by atoms with van der Waals surface area (Å²) in [4.78, 5) is 32.7. The first-order valence-corrected chi connectivity index (χ1v) is 9.94. The van der Waals surface area contributed by atoms with E-state index in [1.165, 1.54) is 0 Å². The van der Waals surface area contributed by atoms with Gasteiger partial charge in [-0.2, -0.15) is 0 Å². The van der Waals surface area contributed by atoms with Gasteiger partial charge in [-0.1, -0.05) is 42.8 Å². The molecule has 5 rings (SSSR count). The van der Waals surface area contributed by atoms with Gasteiger partial charge in [-0.25, -0.2) is 0 Å². The van der Waals surface area contributed by atoms with Gasteiger partial charge in [0.05, 0.1) is 17.5 Å². The van der Waals surface area contributed by atoms with E-state index in [0.717, 1.165) is 36.8 Å². The Labute approximate surface area is 164 Å². The molecule has 1 fully saturated rings. The fraction of sp³-hybridized carbons (Fsp3) is 0.348. The molecule has 3 aliphatic rings. The van der Waals surface area contributed by atoms with Crippen molar-refractivity contribution in [1.82, 2.24) is 9.88 Å². The number of nitrogens with zero attached hydrogens (tertiary/aromatic N) is 2. The summed E-state index contributed by atoms with van der Waals surface area (Å²) in [5, 5.41) is 0. The third-order valence-electron chi connectivity index (χ3n) is 6.05. The van der Waals surface area contributed by atoms with Crippen LogP contribution in [0.2, 0.25) is 0 Å². The van der Waals surface area contributed by atoms with Crippen LogP contribution in [0.15, 0.2) is 66.2 Å². The quantitative estimate of drug-likeness (QED) is 0.824. The number of carbonyl (C=O) groups excluding carboxylic acids is 2. The number of hydrogen-bond acceptors (Lipinski definition) is 4. The van der Waals surface area contributed by atoms with Crippen LogP contribution in [0.3, 0.4) is 0 Å². The van der Waals surface area contributed by atoms with Crippen LogP contribution in [0.4, 0.5) is 0 Å². The molecule has 2 aromatic rings. The van der Waals surface area contributed by atoms with Crippen molar-refractivity contribution in [1.29, 1.82) is 0 Å². The molecule has 1 aromatic carbocycles. The molecule has 28 heavy (non-hydrogen) atoms. The number of rotatable bonds is 3. The van der Waals surface area contributed by atoms with E-state index in [9.17, 15) is 9.59 Å². The number of aromatic nitrogens is 1. The molecule has 2 aliphatic heterocycles. The smallest absolute Gasteiger partial charge is 0.290 e. The van der Waals surface area contributed by atoms with Crippen LogP contribution in [0.5, 0.6) is 0 Å². The van der Waals surface area contributed by atoms with Crippen molar-refractivity contribution in [2.75, 3.05) is 0 Å². The molecule has 0 bridgehead atoms. The molecule has 0 N–H and O–H groups in total. The van der Waals surface area contributed by atoms with Gasteiger partial charge in [0.1, 0.15) is 6.10 Å². The highest BCUT2D eigenvalue weighted by molar-refractivity contribution is 6.11. The van der Waals surface area contributed by atoms with Gasteiger partial charge in [0.15, 0.2) is 11.5 Å². The van der Waals surface area contributed by atoms with Gasteiger partial charge in [0, 0.05) is 18.9 Å². The highest BCUT2D eigenvalue weighted by atomic mass is 16.5. The van der Waals surface area contributed by atoms with Crippen molar-refractivity contribution in [2.45, 2.75) is 44.4 Å². The van der Waals surface area contributed by atoms with Crippen LogP contribution in [0.25, 0.3) is 0 Å². The number of ketones is 1. The topological polar surface area (TPSA) is 59.5 Å². The van der Waals surface area contributed by atoms with Crippen LogP contribution in [0, 0.1) is 5.92 Å². The maximum atomic E-state index is 13.4. The van der Waals surface area contributed by atoms with E-state index in [1.54, 1.807) is 17.3 Å². The minimum atomic E-state index is -0.403. The minimum absolute atomic E-state index is 0.0989. The first-order chi connectivity index (χ1) is 13.7. The van der Waals surface area contributed by atoms with E-state index >= 15 is 0 Å². The molecule has 5 nitrogen and oxygen atoms in total. The molecular formula is C23H22N2O3. The van der Waals surface area contributed by atoms with Gasteiger partial charge in [-0.15, -0.1) is 0 Å². The summed E-state index contributed by atoms with van der Waals surface area (Å²) in [6.07, 6.45) is 7.10. The highest BCUT2D eigenvalue weighted by Gasteiger charge is 2.51. The zero-order valence-corrected chi connectivity index (χ0v) is 15.6. The Bertz CT molecular complexity index is 939. The zero-order valence-electron chi connectivity index (χ0n) is 15.6. The summed E-state index contributed by atoms with van der Waals surface area (Å²) in [5.41, 5.74) is 2.42. The summed E-state index contributed by atoms with van der Waals surface area (Å²) in [7, 11) is 0. The molecule has 5 heteroatoms. The van der Waals surface area contributed by atoms with Crippen molar-refractivity contribution in [2.24, 2.45) is 5.92 Å². The Morgan fingerprint density at radius 3 is 2.64 bits per heavy atom. The Morgan fingerprint density at radius 2 is 1.86 bits per heavy atom. The molecule has 142 valence electrons. The Hall–Kier alpha value is -2.95. The number of pyridine rings is 1. The molecule has 1 saturated carbocycles. The number of hydrogen-bond donors (Lipinski definition) is 0. The Kier molecular flexibility index (Phi) is 4.23. The third kappa shape index (κ3) is 2.73. The van der Waals surface area contributed by atoms with Crippen LogP contribution in [-0.2, 0) is 20.9 Å². The molecule has 1 aromatic heterocycles. The van der Waals surface area contributed by atoms with Crippen molar-refractivity contribution in [3.8, 4) is 0 Å². The average Bonchev–Trinajstić information content (AvgIpc) is 3.02. The SMILES string of the molecule is O=C1C2=C(OC3CCCCC13)C(=O)N(Cc1cccnc1)C2c1ccccc1. The zero-order chi connectivity index (χ0) is 19.1. The second-order valence-electron chi connectivity index (χ2n) is 7.76. The summed E-state index contributed by atoms with van der Waals surface area (Å²) in [6.45, 7) is 0.394. The summed E-state index contributed by atoms with van der Waals surface area (Å²) in [6, 6.07) is 13.2. The average molecular weight is 374 g/mol. The maximum Gasteiger partial charge on any atom is 0.290 e. The number of ether oxygens (including phenoxy) is 1. The Balaban J connectivity index is 1.58. The van der Waals surface area contributed by atoms with E-state index in [4.69, 9.17) is 4.74 Å². The first-order valence-electron chi connectivity index (χ1n) is 9.94. The number of Topliss-reactive ketones (excluding diaryl/α,β-unsaturated/α-hetero) is 1.